The van der Waals surface area contributed by atoms with Crippen LogP contribution in [0, 0.1) is 0 Å². The van der Waals surface area contributed by atoms with Gasteiger partial charge in [-0.15, -0.1) is 0 Å². The Morgan fingerprint density at radius 1 is 1.30 bits per heavy atom. The van der Waals surface area contributed by atoms with Gasteiger partial charge in [0.25, 0.3) is 0 Å². The van der Waals surface area contributed by atoms with Crippen molar-refractivity contribution in [2.75, 3.05) is 18.5 Å². The molecule has 1 aromatic heterocycles. The summed E-state index contributed by atoms with van der Waals surface area (Å²) in [5, 5.41) is 2.94. The Morgan fingerprint density at radius 3 is 2.70 bits per heavy atom. The first kappa shape index (κ1) is 15.6. The fourth-order valence-corrected chi connectivity index (χ4v) is 2.54. The lowest BCUT2D eigenvalue weighted by Gasteiger charge is -2.20. The summed E-state index contributed by atoms with van der Waals surface area (Å²) in [7, 11) is 0. The second kappa shape index (κ2) is 7.33. The van der Waals surface area contributed by atoms with Crippen LogP contribution in [0.2, 0.25) is 0 Å². The Bertz CT molecular complexity index is 618. The lowest BCUT2D eigenvalue weighted by Crippen LogP contribution is -2.34. The highest BCUT2D eigenvalue weighted by atomic mass is 16.5. The normalized spacial score (nSPS) is 14.0. The minimum absolute atomic E-state index is 0.00684. The van der Waals surface area contributed by atoms with E-state index in [2.05, 4.69) is 10.2 Å². The molecule has 0 radical (unpaired) electrons. The van der Waals surface area contributed by atoms with Gasteiger partial charge in [0.1, 0.15) is 11.5 Å². The van der Waals surface area contributed by atoms with E-state index in [0.29, 0.717) is 25.7 Å². The maximum atomic E-state index is 12.3. The Kier molecular flexibility index (Phi) is 4.98. The molecule has 1 saturated carbocycles. The molecule has 0 bridgehead atoms. The van der Waals surface area contributed by atoms with E-state index in [1.807, 2.05) is 43.3 Å². The van der Waals surface area contributed by atoms with Gasteiger partial charge in [-0.3, -0.25) is 9.69 Å². The first-order valence-electron chi connectivity index (χ1n) is 8.03. The molecule has 1 fully saturated rings. The van der Waals surface area contributed by atoms with Crippen molar-refractivity contribution in [3.8, 4) is 5.75 Å². The minimum Gasteiger partial charge on any atom is -0.494 e. The minimum atomic E-state index is -0.00684. The molecule has 23 heavy (non-hydrogen) atoms. The van der Waals surface area contributed by atoms with Crippen molar-refractivity contribution in [1.29, 1.82) is 0 Å². The number of hydrogen-bond acceptors (Lipinski definition) is 4. The molecule has 1 aliphatic rings. The molecule has 122 valence electrons. The molecule has 0 unspecified atom stereocenters. The van der Waals surface area contributed by atoms with Crippen LogP contribution in [0.15, 0.2) is 47.1 Å². The van der Waals surface area contributed by atoms with Crippen molar-refractivity contribution in [3.05, 3.63) is 48.4 Å². The summed E-state index contributed by atoms with van der Waals surface area (Å²) in [6.07, 6.45) is 3.97. The predicted octanol–water partition coefficient (Wildman–Crippen LogP) is 3.28. The number of benzene rings is 1. The van der Waals surface area contributed by atoms with Gasteiger partial charge in [-0.25, -0.2) is 0 Å². The van der Waals surface area contributed by atoms with Crippen LogP contribution in [0.1, 0.15) is 25.5 Å². The summed E-state index contributed by atoms with van der Waals surface area (Å²) >= 11 is 0. The zero-order chi connectivity index (χ0) is 16.1. The second-order valence-electron chi connectivity index (χ2n) is 5.72. The number of rotatable bonds is 8. The smallest absolute Gasteiger partial charge is 0.238 e. The van der Waals surface area contributed by atoms with E-state index in [9.17, 15) is 4.79 Å². The van der Waals surface area contributed by atoms with E-state index >= 15 is 0 Å². The average molecular weight is 314 g/mol. The lowest BCUT2D eigenvalue weighted by atomic mass is 10.3. The number of anilines is 1. The molecule has 0 atom stereocenters. The Hall–Kier alpha value is -2.27. The number of carbonyl (C=O) groups is 1. The highest BCUT2D eigenvalue weighted by molar-refractivity contribution is 5.92. The number of carbonyl (C=O) groups excluding carboxylic acids is 1. The second-order valence-corrected chi connectivity index (χ2v) is 5.72. The first-order chi connectivity index (χ1) is 11.2. The van der Waals surface area contributed by atoms with Crippen LogP contribution in [0.3, 0.4) is 0 Å². The third kappa shape index (κ3) is 4.60. The van der Waals surface area contributed by atoms with Gasteiger partial charge in [0.05, 0.1) is 26.0 Å². The Labute approximate surface area is 136 Å². The van der Waals surface area contributed by atoms with E-state index in [4.69, 9.17) is 9.15 Å². The van der Waals surface area contributed by atoms with Crippen LogP contribution >= 0.6 is 0 Å². The molecule has 0 spiro atoms. The number of ether oxygens (including phenoxy) is 1. The fourth-order valence-electron chi connectivity index (χ4n) is 2.54. The first-order valence-corrected chi connectivity index (χ1v) is 8.03. The van der Waals surface area contributed by atoms with E-state index in [1.165, 1.54) is 0 Å². The number of amides is 1. The van der Waals surface area contributed by atoms with Gasteiger partial charge in [-0.05, 0) is 56.2 Å². The van der Waals surface area contributed by atoms with E-state index < -0.39 is 0 Å². The number of nitrogens with one attached hydrogen (secondary N) is 1. The highest BCUT2D eigenvalue weighted by Crippen LogP contribution is 2.28. The lowest BCUT2D eigenvalue weighted by molar-refractivity contribution is -0.117. The molecule has 5 nitrogen and oxygen atoms in total. The molecule has 1 aromatic carbocycles. The average Bonchev–Trinajstić information content (AvgIpc) is 3.27. The van der Waals surface area contributed by atoms with E-state index in [-0.39, 0.29) is 5.91 Å². The van der Waals surface area contributed by atoms with Crippen LogP contribution in [-0.4, -0.2) is 30.0 Å². The molecular formula is C18H22N2O3. The standard InChI is InChI=1S/C18H22N2O3/c1-2-22-16-9-5-14(6-10-16)19-18(21)13-20(15-7-8-15)12-17-4-3-11-23-17/h3-6,9-11,15H,2,7-8,12-13H2,1H3,(H,19,21). The van der Waals surface area contributed by atoms with Gasteiger partial charge < -0.3 is 14.5 Å². The summed E-state index contributed by atoms with van der Waals surface area (Å²) in [6.45, 7) is 3.63. The maximum Gasteiger partial charge on any atom is 0.238 e. The van der Waals surface area contributed by atoms with Crippen molar-refractivity contribution < 1.29 is 13.9 Å². The van der Waals surface area contributed by atoms with E-state index in [1.54, 1.807) is 6.26 Å². The van der Waals surface area contributed by atoms with Crippen LogP contribution in [0.4, 0.5) is 5.69 Å². The third-order valence-corrected chi connectivity index (χ3v) is 3.80. The van der Waals surface area contributed by atoms with Crippen molar-refractivity contribution in [1.82, 2.24) is 4.90 Å². The van der Waals surface area contributed by atoms with Crippen LogP contribution in [0.5, 0.6) is 5.75 Å². The number of hydrogen-bond donors (Lipinski definition) is 1. The Morgan fingerprint density at radius 2 is 2.09 bits per heavy atom. The van der Waals surface area contributed by atoms with Crippen molar-refractivity contribution in [2.24, 2.45) is 0 Å². The van der Waals surface area contributed by atoms with Crippen LogP contribution in [-0.2, 0) is 11.3 Å². The monoisotopic (exact) mass is 314 g/mol. The van der Waals surface area contributed by atoms with Gasteiger partial charge in [-0.1, -0.05) is 0 Å². The summed E-state index contributed by atoms with van der Waals surface area (Å²) in [4.78, 5) is 14.4. The molecule has 1 amide bonds. The Balaban J connectivity index is 1.54. The van der Waals surface area contributed by atoms with Crippen LogP contribution < -0.4 is 10.1 Å². The zero-order valence-corrected chi connectivity index (χ0v) is 13.3. The summed E-state index contributed by atoms with van der Waals surface area (Å²) in [5.41, 5.74) is 0.784. The van der Waals surface area contributed by atoms with Gasteiger partial charge in [-0.2, -0.15) is 0 Å². The third-order valence-electron chi connectivity index (χ3n) is 3.80. The molecule has 1 aliphatic carbocycles. The molecule has 0 saturated heterocycles. The molecular weight excluding hydrogens is 292 g/mol. The molecule has 1 heterocycles. The molecule has 3 rings (SSSR count). The van der Waals surface area contributed by atoms with Crippen molar-refractivity contribution in [3.63, 3.8) is 0 Å². The summed E-state index contributed by atoms with van der Waals surface area (Å²) in [6, 6.07) is 11.8. The maximum absolute atomic E-state index is 12.3. The highest BCUT2D eigenvalue weighted by Gasteiger charge is 2.30. The fraction of sp³-hybridized carbons (Fsp3) is 0.389. The largest absolute Gasteiger partial charge is 0.494 e. The van der Waals surface area contributed by atoms with Gasteiger partial charge in [0.15, 0.2) is 0 Å². The van der Waals surface area contributed by atoms with Crippen LogP contribution in [0.25, 0.3) is 0 Å². The van der Waals surface area contributed by atoms with E-state index in [0.717, 1.165) is 30.0 Å². The summed E-state index contributed by atoms with van der Waals surface area (Å²) in [5.74, 6) is 1.70. The number of nitrogens with zero attached hydrogens (tertiary/aromatic N) is 1. The van der Waals surface area contributed by atoms with Gasteiger partial charge >= 0.3 is 0 Å². The molecule has 1 N–H and O–H groups in total. The SMILES string of the molecule is CCOc1ccc(NC(=O)CN(Cc2ccco2)C2CC2)cc1. The molecule has 2 aromatic rings. The predicted molar refractivity (Wildman–Crippen MR) is 88.4 cm³/mol. The topological polar surface area (TPSA) is 54.7 Å². The van der Waals surface area contributed by atoms with Crippen molar-refractivity contribution >= 4 is 11.6 Å². The molecule has 0 aliphatic heterocycles. The van der Waals surface area contributed by atoms with Crippen molar-refractivity contribution in [2.45, 2.75) is 32.4 Å². The number of furan rings is 1. The molecule has 5 heteroatoms. The quantitative estimate of drug-likeness (QED) is 0.812. The van der Waals surface area contributed by atoms with Gasteiger partial charge in [0.2, 0.25) is 5.91 Å². The van der Waals surface area contributed by atoms with Gasteiger partial charge in [0, 0.05) is 11.7 Å². The zero-order valence-electron chi connectivity index (χ0n) is 13.3. The summed E-state index contributed by atoms with van der Waals surface area (Å²) < 4.78 is 10.8.